The monoisotopic (exact) mass is 523 g/mol. The van der Waals surface area contributed by atoms with Crippen molar-refractivity contribution in [3.63, 3.8) is 0 Å². The minimum Gasteiger partial charge on any atom is -0.406 e. The Labute approximate surface area is 203 Å². The third kappa shape index (κ3) is 8.33. The molecule has 0 saturated carbocycles. The van der Waals surface area contributed by atoms with Gasteiger partial charge in [-0.2, -0.15) is 0 Å². The summed E-state index contributed by atoms with van der Waals surface area (Å²) in [6, 6.07) is 9.95. The molecule has 0 aliphatic carbocycles. The van der Waals surface area contributed by atoms with Gasteiger partial charge in [-0.05, 0) is 50.5 Å². The number of aromatic nitrogens is 1. The Hall–Kier alpha value is -2.08. The van der Waals surface area contributed by atoms with Gasteiger partial charge in [-0.15, -0.1) is 37.3 Å². The van der Waals surface area contributed by atoms with Crippen LogP contribution in [0.25, 0.3) is 10.2 Å². The van der Waals surface area contributed by atoms with E-state index in [-0.39, 0.29) is 36.3 Å². The summed E-state index contributed by atoms with van der Waals surface area (Å²) in [6.07, 6.45) is -4.55. The van der Waals surface area contributed by atoms with Crippen molar-refractivity contribution in [2.24, 2.45) is 0 Å². The highest BCUT2D eigenvalue weighted by Gasteiger charge is 2.31. The van der Waals surface area contributed by atoms with Gasteiger partial charge in [0.1, 0.15) is 11.6 Å². The lowest BCUT2D eigenvalue weighted by Crippen LogP contribution is -2.36. The van der Waals surface area contributed by atoms with Gasteiger partial charge in [-0.1, -0.05) is 11.3 Å². The van der Waals surface area contributed by atoms with E-state index in [2.05, 4.69) is 9.72 Å². The third-order valence-electron chi connectivity index (χ3n) is 4.28. The molecule has 1 amide bonds. The highest BCUT2D eigenvalue weighted by Crippen LogP contribution is 2.33. The first-order valence-corrected chi connectivity index (χ1v) is 11.4. The van der Waals surface area contributed by atoms with E-state index >= 15 is 0 Å². The Morgan fingerprint density at radius 3 is 2.45 bits per heavy atom. The topological polar surface area (TPSA) is 45.7 Å². The minimum atomic E-state index is -4.78. The first kappa shape index (κ1) is 27.2. The van der Waals surface area contributed by atoms with Crippen LogP contribution in [-0.4, -0.2) is 55.1 Å². The summed E-state index contributed by atoms with van der Waals surface area (Å²) in [5, 5.41) is 0.419. The van der Waals surface area contributed by atoms with E-state index in [0.717, 1.165) is 16.2 Å². The number of hydrogen-bond acceptors (Lipinski definition) is 6. The molecule has 2 aromatic carbocycles. The van der Waals surface area contributed by atoms with Crippen molar-refractivity contribution in [1.82, 2.24) is 9.88 Å². The molecule has 3 aromatic rings. The number of thioether (sulfide) groups is 1. The molecular formula is C21H22ClF4N3O2S2. The van der Waals surface area contributed by atoms with E-state index in [0.29, 0.717) is 34.2 Å². The van der Waals surface area contributed by atoms with Gasteiger partial charge in [0.2, 0.25) is 5.91 Å². The molecule has 0 unspecified atom stereocenters. The summed E-state index contributed by atoms with van der Waals surface area (Å²) < 4.78 is 55.0. The number of carbonyl (C=O) groups excluding carboxylic acids is 1. The van der Waals surface area contributed by atoms with Crippen molar-refractivity contribution in [2.75, 3.05) is 37.8 Å². The summed E-state index contributed by atoms with van der Waals surface area (Å²) >= 11 is 2.58. The van der Waals surface area contributed by atoms with E-state index in [9.17, 15) is 22.4 Å². The minimum absolute atomic E-state index is 0. The number of anilines is 1. The molecule has 0 fully saturated rings. The molecule has 1 aromatic heterocycles. The number of ether oxygens (including phenoxy) is 1. The second-order valence-corrected chi connectivity index (χ2v) is 9.25. The van der Waals surface area contributed by atoms with Gasteiger partial charge in [0.05, 0.1) is 10.2 Å². The number of hydrogen-bond donors (Lipinski definition) is 0. The van der Waals surface area contributed by atoms with Crippen molar-refractivity contribution >= 4 is 56.8 Å². The number of likely N-dealkylation sites (N-methyl/N-ethyl adjacent to an activating group) is 1. The number of alkyl halides is 3. The van der Waals surface area contributed by atoms with Crippen LogP contribution < -0.4 is 9.64 Å². The zero-order chi connectivity index (χ0) is 23.3. The van der Waals surface area contributed by atoms with Crippen LogP contribution in [-0.2, 0) is 4.79 Å². The fourth-order valence-corrected chi connectivity index (χ4v) is 4.63. The largest absolute Gasteiger partial charge is 0.573 e. The van der Waals surface area contributed by atoms with Gasteiger partial charge in [0, 0.05) is 36.2 Å². The second-order valence-electron chi connectivity index (χ2n) is 7.07. The second kappa shape index (κ2) is 11.9. The average molecular weight is 524 g/mol. The number of carbonyl (C=O) groups is 1. The number of rotatable bonds is 9. The molecule has 0 aliphatic heterocycles. The maximum Gasteiger partial charge on any atom is 0.573 e. The quantitative estimate of drug-likeness (QED) is 0.261. The summed E-state index contributed by atoms with van der Waals surface area (Å²) in [7, 11) is 3.76. The normalized spacial score (nSPS) is 11.5. The van der Waals surface area contributed by atoms with Crippen molar-refractivity contribution in [3.05, 3.63) is 48.3 Å². The lowest BCUT2D eigenvalue weighted by atomic mass is 10.3. The SMILES string of the molecule is CN(C)CCN(C(=O)CCSc1ccc(F)cc1)c1nc2ccc(OC(F)(F)F)cc2s1.Cl. The maximum atomic E-state index is 13.0. The van der Waals surface area contributed by atoms with Crippen LogP contribution in [0, 0.1) is 5.82 Å². The molecular weight excluding hydrogens is 502 g/mol. The molecule has 33 heavy (non-hydrogen) atoms. The van der Waals surface area contributed by atoms with Gasteiger partial charge in [-0.25, -0.2) is 9.37 Å². The van der Waals surface area contributed by atoms with Crippen LogP contribution in [0.2, 0.25) is 0 Å². The molecule has 1 heterocycles. The summed E-state index contributed by atoms with van der Waals surface area (Å²) in [4.78, 5) is 21.7. The Bertz CT molecular complexity index is 1060. The third-order valence-corrected chi connectivity index (χ3v) is 6.34. The number of benzene rings is 2. The molecule has 0 atom stereocenters. The smallest absolute Gasteiger partial charge is 0.406 e. The van der Waals surface area contributed by atoms with Crippen LogP contribution >= 0.6 is 35.5 Å². The number of amides is 1. The van der Waals surface area contributed by atoms with E-state index in [1.54, 1.807) is 17.0 Å². The molecule has 180 valence electrons. The van der Waals surface area contributed by atoms with Gasteiger partial charge >= 0.3 is 6.36 Å². The lowest BCUT2D eigenvalue weighted by Gasteiger charge is -2.22. The first-order chi connectivity index (χ1) is 15.1. The fraction of sp³-hybridized carbons (Fsp3) is 0.333. The van der Waals surface area contributed by atoms with Crippen LogP contribution in [0.1, 0.15) is 6.42 Å². The first-order valence-electron chi connectivity index (χ1n) is 9.60. The van der Waals surface area contributed by atoms with Crippen LogP contribution in [0.3, 0.4) is 0 Å². The standard InChI is InChI=1S/C21H21F4N3O2S2.ClH/c1-27(2)10-11-28(19(29)9-12-31-16-6-3-14(22)4-7-16)20-26-17-8-5-15(13-18(17)32-20)30-21(23,24)25;/h3-8,13H,9-12H2,1-2H3;1H. The molecule has 0 saturated heterocycles. The molecule has 0 bridgehead atoms. The highest BCUT2D eigenvalue weighted by atomic mass is 35.5. The molecule has 12 heteroatoms. The van der Waals surface area contributed by atoms with Crippen LogP contribution in [0.15, 0.2) is 47.4 Å². The van der Waals surface area contributed by atoms with E-state index in [1.807, 2.05) is 19.0 Å². The van der Waals surface area contributed by atoms with Crippen LogP contribution in [0.4, 0.5) is 22.7 Å². The summed E-state index contributed by atoms with van der Waals surface area (Å²) in [5.41, 5.74) is 0.489. The number of fused-ring (bicyclic) bond motifs is 1. The molecule has 0 N–H and O–H groups in total. The van der Waals surface area contributed by atoms with Crippen molar-refractivity contribution in [3.8, 4) is 5.75 Å². The zero-order valence-electron chi connectivity index (χ0n) is 17.8. The predicted octanol–water partition coefficient (Wildman–Crippen LogP) is 5.83. The zero-order valence-corrected chi connectivity index (χ0v) is 20.2. The van der Waals surface area contributed by atoms with Gasteiger partial charge < -0.3 is 9.64 Å². The predicted molar refractivity (Wildman–Crippen MR) is 126 cm³/mol. The highest BCUT2D eigenvalue weighted by molar-refractivity contribution is 7.99. The molecule has 3 rings (SSSR count). The molecule has 0 spiro atoms. The lowest BCUT2D eigenvalue weighted by molar-refractivity contribution is -0.274. The maximum absolute atomic E-state index is 13.0. The Kier molecular flexibility index (Phi) is 9.77. The van der Waals surface area contributed by atoms with Crippen molar-refractivity contribution in [1.29, 1.82) is 0 Å². The van der Waals surface area contributed by atoms with Gasteiger partial charge in [0.25, 0.3) is 0 Å². The summed E-state index contributed by atoms with van der Waals surface area (Å²) in [6.45, 7) is 0.980. The number of thiazole rings is 1. The van der Waals surface area contributed by atoms with Gasteiger partial charge in [-0.3, -0.25) is 9.69 Å². The Balaban J connectivity index is 0.00000385. The van der Waals surface area contributed by atoms with Crippen molar-refractivity contribution < 1.29 is 27.1 Å². The summed E-state index contributed by atoms with van der Waals surface area (Å²) in [5.74, 6) is -0.300. The average Bonchev–Trinajstić information content (AvgIpc) is 3.11. The van der Waals surface area contributed by atoms with E-state index in [4.69, 9.17) is 0 Å². The Morgan fingerprint density at radius 2 is 1.82 bits per heavy atom. The fourth-order valence-electron chi connectivity index (χ4n) is 2.75. The van der Waals surface area contributed by atoms with Crippen molar-refractivity contribution in [2.45, 2.75) is 17.7 Å². The number of nitrogens with zero attached hydrogens (tertiary/aromatic N) is 3. The molecule has 0 radical (unpaired) electrons. The number of halogens is 5. The van der Waals surface area contributed by atoms with Crippen LogP contribution in [0.5, 0.6) is 5.75 Å². The van der Waals surface area contributed by atoms with E-state index in [1.165, 1.54) is 42.1 Å². The molecule has 0 aliphatic rings. The van der Waals surface area contributed by atoms with Gasteiger partial charge in [0.15, 0.2) is 5.13 Å². The van der Waals surface area contributed by atoms with E-state index < -0.39 is 6.36 Å². The molecule has 5 nitrogen and oxygen atoms in total. The Morgan fingerprint density at radius 1 is 1.12 bits per heavy atom.